The van der Waals surface area contributed by atoms with Crippen molar-refractivity contribution in [1.29, 1.82) is 0 Å². The Hall–Kier alpha value is -1.49. The van der Waals surface area contributed by atoms with Gasteiger partial charge in [-0.15, -0.1) is 0 Å². The summed E-state index contributed by atoms with van der Waals surface area (Å²) in [5.41, 5.74) is 0.896. The van der Waals surface area contributed by atoms with Crippen molar-refractivity contribution in [3.05, 3.63) is 42.0 Å². The summed E-state index contributed by atoms with van der Waals surface area (Å²) in [6.45, 7) is 0. The SMILES string of the molecule is CN(C)c1ccc(C(=O)C(F)(F)Br)c2ccccc12. The lowest BCUT2D eigenvalue weighted by molar-refractivity contribution is 0.0594. The minimum atomic E-state index is -3.55. The van der Waals surface area contributed by atoms with E-state index in [0.29, 0.717) is 5.39 Å². The molecule has 100 valence electrons. The quantitative estimate of drug-likeness (QED) is 0.625. The summed E-state index contributed by atoms with van der Waals surface area (Å²) in [5, 5.41) is 1.30. The molecule has 0 heterocycles. The highest BCUT2D eigenvalue weighted by Gasteiger charge is 2.36. The van der Waals surface area contributed by atoms with Gasteiger partial charge in [0.1, 0.15) is 0 Å². The minimum Gasteiger partial charge on any atom is -0.377 e. The zero-order valence-electron chi connectivity index (χ0n) is 10.5. The van der Waals surface area contributed by atoms with E-state index in [2.05, 4.69) is 15.9 Å². The van der Waals surface area contributed by atoms with Crippen molar-refractivity contribution in [1.82, 2.24) is 0 Å². The number of carbonyl (C=O) groups is 1. The lowest BCUT2D eigenvalue weighted by atomic mass is 9.99. The van der Waals surface area contributed by atoms with E-state index < -0.39 is 10.6 Å². The predicted molar refractivity (Wildman–Crippen MR) is 76.5 cm³/mol. The van der Waals surface area contributed by atoms with Crippen LogP contribution in [0, 0.1) is 0 Å². The van der Waals surface area contributed by atoms with E-state index in [1.165, 1.54) is 6.07 Å². The van der Waals surface area contributed by atoms with E-state index in [1.54, 1.807) is 18.2 Å². The van der Waals surface area contributed by atoms with Crippen LogP contribution in [0.15, 0.2) is 36.4 Å². The number of halogens is 3. The van der Waals surface area contributed by atoms with Gasteiger partial charge in [0.2, 0.25) is 5.78 Å². The Labute approximate surface area is 118 Å². The number of hydrogen-bond donors (Lipinski definition) is 0. The topological polar surface area (TPSA) is 20.3 Å². The zero-order valence-corrected chi connectivity index (χ0v) is 12.0. The molecule has 0 aliphatic carbocycles. The second-order valence-electron chi connectivity index (χ2n) is 4.40. The molecule has 0 N–H and O–H groups in total. The van der Waals surface area contributed by atoms with Gasteiger partial charge in [-0.05, 0) is 33.4 Å². The van der Waals surface area contributed by atoms with Gasteiger partial charge in [0.25, 0.3) is 0 Å². The second kappa shape index (κ2) is 4.89. The van der Waals surface area contributed by atoms with Gasteiger partial charge in [0.15, 0.2) is 0 Å². The van der Waals surface area contributed by atoms with Crippen molar-refractivity contribution in [2.75, 3.05) is 19.0 Å². The molecular formula is C14H12BrF2NO. The molecule has 0 spiro atoms. The molecule has 2 nitrogen and oxygen atoms in total. The number of alkyl halides is 3. The lowest BCUT2D eigenvalue weighted by Gasteiger charge is -2.17. The normalized spacial score (nSPS) is 11.6. The molecule has 0 fully saturated rings. The third-order valence-electron chi connectivity index (χ3n) is 2.88. The van der Waals surface area contributed by atoms with Gasteiger partial charge in [0.05, 0.1) is 0 Å². The minimum absolute atomic E-state index is 0.0167. The van der Waals surface area contributed by atoms with E-state index in [-0.39, 0.29) is 5.56 Å². The lowest BCUT2D eigenvalue weighted by Crippen LogP contribution is -2.21. The molecule has 0 atom stereocenters. The second-order valence-corrected chi connectivity index (χ2v) is 5.40. The molecule has 0 bridgehead atoms. The van der Waals surface area contributed by atoms with Gasteiger partial charge in [-0.3, -0.25) is 4.79 Å². The molecule has 0 unspecified atom stereocenters. The molecule has 0 aromatic heterocycles. The van der Waals surface area contributed by atoms with Crippen molar-refractivity contribution in [3.8, 4) is 0 Å². The molecule has 2 rings (SSSR count). The Morgan fingerprint density at radius 2 is 1.68 bits per heavy atom. The van der Waals surface area contributed by atoms with Crippen molar-refractivity contribution >= 4 is 38.2 Å². The summed E-state index contributed by atoms with van der Waals surface area (Å²) in [7, 11) is 3.73. The predicted octanol–water partition coefficient (Wildman–Crippen LogP) is 4.08. The van der Waals surface area contributed by atoms with E-state index in [4.69, 9.17) is 0 Å². The van der Waals surface area contributed by atoms with Crippen LogP contribution in [0.2, 0.25) is 0 Å². The molecule has 19 heavy (non-hydrogen) atoms. The van der Waals surface area contributed by atoms with Gasteiger partial charge >= 0.3 is 4.83 Å². The zero-order chi connectivity index (χ0) is 14.2. The number of fused-ring (bicyclic) bond motifs is 1. The van der Waals surface area contributed by atoms with Crippen LogP contribution in [0.1, 0.15) is 10.4 Å². The number of nitrogens with zero attached hydrogens (tertiary/aromatic N) is 1. The summed E-state index contributed by atoms with van der Waals surface area (Å²) in [6, 6.07) is 10.1. The highest BCUT2D eigenvalue weighted by Crippen LogP contribution is 2.33. The number of anilines is 1. The number of carbonyl (C=O) groups excluding carboxylic acids is 1. The molecule has 0 saturated heterocycles. The van der Waals surface area contributed by atoms with E-state index in [9.17, 15) is 13.6 Å². The smallest absolute Gasteiger partial charge is 0.363 e. The number of ketones is 1. The van der Waals surface area contributed by atoms with E-state index in [0.717, 1.165) is 11.1 Å². The molecule has 5 heteroatoms. The van der Waals surface area contributed by atoms with E-state index >= 15 is 0 Å². The Kier molecular flexibility index (Phi) is 3.58. The first kappa shape index (κ1) is 13.9. The Morgan fingerprint density at radius 1 is 1.11 bits per heavy atom. The first-order chi connectivity index (χ1) is 8.82. The Morgan fingerprint density at radius 3 is 2.21 bits per heavy atom. The standard InChI is InChI=1S/C14H12BrF2NO/c1-18(2)12-8-7-11(13(19)14(15,16)17)9-5-3-4-6-10(9)12/h3-8H,1-2H3. The molecule has 0 amide bonds. The van der Waals surface area contributed by atoms with Crippen LogP contribution in [-0.4, -0.2) is 24.7 Å². The summed E-state index contributed by atoms with van der Waals surface area (Å²) >= 11 is 2.12. The molecular weight excluding hydrogens is 316 g/mol. The first-order valence-electron chi connectivity index (χ1n) is 5.63. The highest BCUT2D eigenvalue weighted by atomic mass is 79.9. The number of benzene rings is 2. The van der Waals surface area contributed by atoms with Crippen LogP contribution >= 0.6 is 15.9 Å². The van der Waals surface area contributed by atoms with Crippen molar-refractivity contribution in [3.63, 3.8) is 0 Å². The summed E-state index contributed by atoms with van der Waals surface area (Å²) in [6.07, 6.45) is 0. The average molecular weight is 328 g/mol. The maximum absolute atomic E-state index is 13.1. The Bertz CT molecular complexity index is 635. The van der Waals surface area contributed by atoms with Crippen LogP contribution in [0.4, 0.5) is 14.5 Å². The van der Waals surface area contributed by atoms with Crippen molar-refractivity contribution < 1.29 is 13.6 Å². The van der Waals surface area contributed by atoms with Gasteiger partial charge < -0.3 is 4.90 Å². The Balaban J connectivity index is 2.73. The van der Waals surface area contributed by atoms with Crippen LogP contribution in [0.3, 0.4) is 0 Å². The maximum Gasteiger partial charge on any atom is 0.363 e. The summed E-state index contributed by atoms with van der Waals surface area (Å²) in [4.78, 5) is 10.1. The van der Waals surface area contributed by atoms with Gasteiger partial charge in [-0.2, -0.15) is 8.78 Å². The van der Waals surface area contributed by atoms with Gasteiger partial charge in [0, 0.05) is 30.7 Å². The van der Waals surface area contributed by atoms with Crippen LogP contribution < -0.4 is 4.90 Å². The highest BCUT2D eigenvalue weighted by molar-refractivity contribution is 9.10. The fraction of sp³-hybridized carbons (Fsp3) is 0.214. The fourth-order valence-electron chi connectivity index (χ4n) is 2.02. The van der Waals surface area contributed by atoms with Gasteiger partial charge in [-0.25, -0.2) is 0 Å². The molecule has 0 saturated carbocycles. The van der Waals surface area contributed by atoms with Crippen LogP contribution in [0.25, 0.3) is 10.8 Å². The summed E-state index contributed by atoms with van der Waals surface area (Å²) in [5.74, 6) is -1.23. The van der Waals surface area contributed by atoms with Crippen molar-refractivity contribution in [2.24, 2.45) is 0 Å². The molecule has 0 radical (unpaired) electrons. The van der Waals surface area contributed by atoms with E-state index in [1.807, 2.05) is 31.1 Å². The molecule has 0 aliphatic rings. The summed E-state index contributed by atoms with van der Waals surface area (Å²) < 4.78 is 26.3. The third kappa shape index (κ3) is 2.61. The maximum atomic E-state index is 13.1. The largest absolute Gasteiger partial charge is 0.377 e. The third-order valence-corrected chi connectivity index (χ3v) is 3.25. The van der Waals surface area contributed by atoms with Crippen LogP contribution in [0.5, 0.6) is 0 Å². The first-order valence-corrected chi connectivity index (χ1v) is 6.42. The monoisotopic (exact) mass is 327 g/mol. The number of Topliss-reactive ketones (excluding diaryl/α,β-unsaturated/α-hetero) is 1. The average Bonchev–Trinajstić information content (AvgIpc) is 2.35. The van der Waals surface area contributed by atoms with Gasteiger partial charge in [-0.1, -0.05) is 24.3 Å². The van der Waals surface area contributed by atoms with Crippen molar-refractivity contribution in [2.45, 2.75) is 4.83 Å². The molecule has 0 aliphatic heterocycles. The number of rotatable bonds is 3. The molecule has 2 aromatic rings. The molecule has 2 aromatic carbocycles. The number of hydrogen-bond acceptors (Lipinski definition) is 2. The fourth-order valence-corrected chi connectivity index (χ4v) is 2.24. The van der Waals surface area contributed by atoms with Crippen LogP contribution in [-0.2, 0) is 0 Å².